The molecule has 0 aromatic carbocycles. The normalized spacial score (nSPS) is 27.6. The summed E-state index contributed by atoms with van der Waals surface area (Å²) in [5.41, 5.74) is 0. The van der Waals surface area contributed by atoms with Crippen molar-refractivity contribution in [3.63, 3.8) is 0 Å². The Morgan fingerprint density at radius 2 is 1.88 bits per heavy atom. The quantitative estimate of drug-likeness (QED) is 0.686. The van der Waals surface area contributed by atoms with Gasteiger partial charge in [-0.05, 0) is 37.6 Å². The van der Waals surface area contributed by atoms with Crippen molar-refractivity contribution in [2.45, 2.75) is 44.9 Å². The molecule has 1 unspecified atom stereocenters. The van der Waals surface area contributed by atoms with Crippen molar-refractivity contribution in [2.24, 2.45) is 0 Å². The Labute approximate surface area is 102 Å². The van der Waals surface area contributed by atoms with Gasteiger partial charge in [0.2, 0.25) is 8.32 Å². The van der Waals surface area contributed by atoms with Crippen LogP contribution in [0.2, 0.25) is 24.7 Å². The van der Waals surface area contributed by atoms with Crippen LogP contribution < -0.4 is 0 Å². The van der Waals surface area contributed by atoms with Crippen molar-refractivity contribution in [1.82, 2.24) is 4.57 Å². The summed E-state index contributed by atoms with van der Waals surface area (Å²) in [5.74, 6) is 0. The lowest BCUT2D eigenvalue weighted by Gasteiger charge is -2.38. The van der Waals surface area contributed by atoms with E-state index in [1.807, 2.05) is 14.2 Å². The summed E-state index contributed by atoms with van der Waals surface area (Å²) in [5, 5.41) is 0. The summed E-state index contributed by atoms with van der Waals surface area (Å²) < 4.78 is 14.4. The van der Waals surface area contributed by atoms with E-state index in [0.29, 0.717) is 0 Å². The zero-order valence-electron chi connectivity index (χ0n) is 11.5. The van der Waals surface area contributed by atoms with Crippen molar-refractivity contribution in [3.8, 4) is 0 Å². The van der Waals surface area contributed by atoms with Crippen LogP contribution in [0.4, 0.5) is 0 Å². The standard InChI is InChI=1S/C11H27NO2Si2/c1-6-16(7-2,14-4)11-12-9-8-10-15(12,5)13-3/h6-11H2,1-5H3. The van der Waals surface area contributed by atoms with Crippen LogP contribution in [0.1, 0.15) is 20.3 Å². The predicted molar refractivity (Wildman–Crippen MR) is 73.3 cm³/mol. The predicted octanol–water partition coefficient (Wildman–Crippen LogP) is 2.58. The van der Waals surface area contributed by atoms with Gasteiger partial charge < -0.3 is 13.4 Å². The van der Waals surface area contributed by atoms with E-state index in [1.54, 1.807) is 0 Å². The Morgan fingerprint density at radius 1 is 1.25 bits per heavy atom. The van der Waals surface area contributed by atoms with Crippen molar-refractivity contribution >= 4 is 16.8 Å². The Balaban J connectivity index is 2.71. The average Bonchev–Trinajstić information content (AvgIpc) is 2.68. The molecular formula is C11H27NO2Si2. The second kappa shape index (κ2) is 5.77. The second-order valence-corrected chi connectivity index (χ2v) is 13.4. The molecule has 1 saturated heterocycles. The van der Waals surface area contributed by atoms with E-state index in [2.05, 4.69) is 25.0 Å². The minimum atomic E-state index is -1.56. The summed E-state index contributed by atoms with van der Waals surface area (Å²) in [6.45, 7) is 8.12. The molecule has 16 heavy (non-hydrogen) atoms. The SMILES string of the molecule is CC[Si](CC)(CN1CCC[Si]1(C)OC)OC. The lowest BCUT2D eigenvalue weighted by Crippen LogP contribution is -2.57. The molecule has 0 N–H and O–H groups in total. The zero-order valence-corrected chi connectivity index (χ0v) is 13.5. The van der Waals surface area contributed by atoms with Crippen LogP contribution in [-0.2, 0) is 8.85 Å². The highest BCUT2D eigenvalue weighted by atomic mass is 28.4. The van der Waals surface area contributed by atoms with Crippen LogP contribution in [0.5, 0.6) is 0 Å². The lowest BCUT2D eigenvalue weighted by molar-refractivity contribution is 0.314. The fourth-order valence-electron chi connectivity index (χ4n) is 2.64. The smallest absolute Gasteiger partial charge is 0.267 e. The molecule has 0 aromatic rings. The first kappa shape index (κ1) is 14.4. The first-order valence-electron chi connectivity index (χ1n) is 6.41. The largest absolute Gasteiger partial charge is 0.419 e. The van der Waals surface area contributed by atoms with Crippen LogP contribution in [-0.4, -0.2) is 48.3 Å². The molecule has 1 rings (SSSR count). The van der Waals surface area contributed by atoms with Crippen molar-refractivity contribution < 1.29 is 8.85 Å². The minimum absolute atomic E-state index is 1.17. The van der Waals surface area contributed by atoms with Gasteiger partial charge in [-0.2, -0.15) is 0 Å². The van der Waals surface area contributed by atoms with E-state index in [9.17, 15) is 0 Å². The minimum Gasteiger partial charge on any atom is -0.419 e. The monoisotopic (exact) mass is 261 g/mol. The Hall–Kier alpha value is 0.314. The maximum absolute atomic E-state index is 5.90. The maximum Gasteiger partial charge on any atom is 0.267 e. The van der Waals surface area contributed by atoms with Crippen molar-refractivity contribution in [1.29, 1.82) is 0 Å². The van der Waals surface area contributed by atoms with Gasteiger partial charge in [0.25, 0.3) is 8.48 Å². The van der Waals surface area contributed by atoms with Crippen LogP contribution in [0, 0.1) is 0 Å². The van der Waals surface area contributed by atoms with Gasteiger partial charge in [-0.15, -0.1) is 0 Å². The van der Waals surface area contributed by atoms with E-state index in [0.717, 1.165) is 0 Å². The van der Waals surface area contributed by atoms with Gasteiger partial charge in [-0.25, -0.2) is 0 Å². The molecule has 0 amide bonds. The van der Waals surface area contributed by atoms with Crippen molar-refractivity contribution in [3.05, 3.63) is 0 Å². The Morgan fingerprint density at radius 3 is 2.31 bits per heavy atom. The van der Waals surface area contributed by atoms with Gasteiger partial charge in [0.1, 0.15) is 0 Å². The molecule has 1 atom stereocenters. The highest BCUT2D eigenvalue weighted by Gasteiger charge is 2.45. The molecule has 1 aliphatic rings. The van der Waals surface area contributed by atoms with Gasteiger partial charge in [0.05, 0.1) is 0 Å². The number of nitrogens with zero attached hydrogens (tertiary/aromatic N) is 1. The van der Waals surface area contributed by atoms with Gasteiger partial charge in [-0.1, -0.05) is 13.8 Å². The third kappa shape index (κ3) is 2.76. The summed E-state index contributed by atoms with van der Waals surface area (Å²) in [6.07, 6.45) is 2.48. The molecule has 1 aliphatic heterocycles. The molecule has 1 heterocycles. The first-order valence-corrected chi connectivity index (χ1v) is 11.5. The fourth-order valence-corrected chi connectivity index (χ4v) is 9.58. The van der Waals surface area contributed by atoms with Crippen LogP contribution in [0.25, 0.3) is 0 Å². The molecule has 0 aromatic heterocycles. The summed E-state index contributed by atoms with van der Waals surface area (Å²) >= 11 is 0. The van der Waals surface area contributed by atoms with Gasteiger partial charge in [0.15, 0.2) is 0 Å². The van der Waals surface area contributed by atoms with E-state index in [1.165, 1.54) is 37.3 Å². The Kier molecular flexibility index (Phi) is 5.19. The van der Waals surface area contributed by atoms with Crippen LogP contribution in [0.15, 0.2) is 0 Å². The van der Waals surface area contributed by atoms with Crippen molar-refractivity contribution in [2.75, 3.05) is 26.9 Å². The molecule has 1 fully saturated rings. The number of hydrogen-bond acceptors (Lipinski definition) is 3. The van der Waals surface area contributed by atoms with E-state index >= 15 is 0 Å². The van der Waals surface area contributed by atoms with E-state index in [4.69, 9.17) is 8.85 Å². The molecule has 3 nitrogen and oxygen atoms in total. The third-order valence-electron chi connectivity index (χ3n) is 4.38. The molecular weight excluding hydrogens is 234 g/mol. The molecule has 5 heteroatoms. The van der Waals surface area contributed by atoms with Crippen LogP contribution >= 0.6 is 0 Å². The molecule has 0 saturated carbocycles. The van der Waals surface area contributed by atoms with Gasteiger partial charge in [0, 0.05) is 20.4 Å². The summed E-state index contributed by atoms with van der Waals surface area (Å²) in [4.78, 5) is 0. The number of hydrogen-bond donors (Lipinski definition) is 0. The molecule has 0 spiro atoms. The lowest BCUT2D eigenvalue weighted by atomic mass is 10.5. The molecule has 0 aliphatic carbocycles. The molecule has 0 bridgehead atoms. The second-order valence-electron chi connectivity index (χ2n) is 5.00. The Bertz CT molecular complexity index is 216. The van der Waals surface area contributed by atoms with E-state index in [-0.39, 0.29) is 0 Å². The average molecular weight is 262 g/mol. The maximum atomic E-state index is 5.90. The highest BCUT2D eigenvalue weighted by Crippen LogP contribution is 2.29. The highest BCUT2D eigenvalue weighted by molar-refractivity contribution is 6.77. The molecule has 96 valence electrons. The zero-order chi connectivity index (χ0) is 12.2. The summed E-state index contributed by atoms with van der Waals surface area (Å²) in [6, 6.07) is 3.71. The topological polar surface area (TPSA) is 21.7 Å². The number of rotatable bonds is 6. The van der Waals surface area contributed by atoms with Crippen LogP contribution in [0.3, 0.4) is 0 Å². The van der Waals surface area contributed by atoms with Gasteiger partial charge >= 0.3 is 0 Å². The molecule has 0 radical (unpaired) electrons. The fraction of sp³-hybridized carbons (Fsp3) is 1.00. The first-order chi connectivity index (χ1) is 7.55. The summed E-state index contributed by atoms with van der Waals surface area (Å²) in [7, 11) is 0.724. The van der Waals surface area contributed by atoms with E-state index < -0.39 is 16.8 Å². The van der Waals surface area contributed by atoms with Gasteiger partial charge in [-0.3, -0.25) is 0 Å². The third-order valence-corrected chi connectivity index (χ3v) is 13.0.